The molecule has 0 bridgehead atoms. The Morgan fingerprint density at radius 2 is 1.41 bits per heavy atom. The zero-order valence-corrected chi connectivity index (χ0v) is 29.4. The molecule has 0 N–H and O–H groups in total. The molecule has 51 heavy (non-hydrogen) atoms. The van der Waals surface area contributed by atoms with Gasteiger partial charge >= 0.3 is 12.3 Å². The molecule has 1 atom stereocenters. The third-order valence-electron chi connectivity index (χ3n) is 7.99. The fraction of sp³-hybridized carbons (Fsp3) is 0.300. The third kappa shape index (κ3) is 11.6. The summed E-state index contributed by atoms with van der Waals surface area (Å²) in [6.07, 6.45) is -0.412. The molecule has 8 nitrogen and oxygen atoms in total. The first-order valence-electron chi connectivity index (χ1n) is 16.5. The molecule has 0 spiro atoms. The highest BCUT2D eigenvalue weighted by atomic mass is 19.4. The summed E-state index contributed by atoms with van der Waals surface area (Å²) in [4.78, 5) is 49.7. The van der Waals surface area contributed by atoms with Gasteiger partial charge in [0.15, 0.2) is 0 Å². The second-order valence-electron chi connectivity index (χ2n) is 13.2. The van der Waals surface area contributed by atoms with E-state index in [-0.39, 0.29) is 32.0 Å². The second kappa shape index (κ2) is 17.0. The molecule has 0 aliphatic rings. The zero-order chi connectivity index (χ0) is 37.2. The van der Waals surface area contributed by atoms with Gasteiger partial charge in [0, 0.05) is 58.0 Å². The topological polar surface area (TPSA) is 83.0 Å². The molecular weight excluding hydrogens is 657 g/mol. The van der Waals surface area contributed by atoms with Crippen molar-refractivity contribution in [3.05, 3.63) is 132 Å². The molecule has 4 aromatic rings. The number of hydrogen-bond donors (Lipinski definition) is 0. The number of rotatable bonds is 12. The molecular formula is C40H43F3N4O4. The fourth-order valence-electron chi connectivity index (χ4n) is 5.16. The monoisotopic (exact) mass is 700 g/mol. The van der Waals surface area contributed by atoms with E-state index in [0.29, 0.717) is 5.56 Å². The number of halogens is 3. The molecule has 1 aromatic heterocycles. The largest absolute Gasteiger partial charge is 0.444 e. The first kappa shape index (κ1) is 38.4. The minimum Gasteiger partial charge on any atom is -0.444 e. The van der Waals surface area contributed by atoms with E-state index in [4.69, 9.17) is 4.74 Å². The second-order valence-corrected chi connectivity index (χ2v) is 13.2. The molecule has 0 radical (unpaired) electrons. The van der Waals surface area contributed by atoms with Gasteiger partial charge < -0.3 is 19.4 Å². The van der Waals surface area contributed by atoms with E-state index >= 15 is 0 Å². The van der Waals surface area contributed by atoms with Crippen LogP contribution in [0, 0.1) is 0 Å². The van der Waals surface area contributed by atoms with E-state index in [2.05, 4.69) is 4.98 Å². The number of benzene rings is 3. The first-order valence-corrected chi connectivity index (χ1v) is 16.5. The summed E-state index contributed by atoms with van der Waals surface area (Å²) >= 11 is 0. The van der Waals surface area contributed by atoms with Crippen molar-refractivity contribution in [2.24, 2.45) is 0 Å². The van der Waals surface area contributed by atoms with Crippen molar-refractivity contribution in [2.45, 2.75) is 51.6 Å². The Labute approximate surface area is 297 Å². The molecule has 0 aliphatic heterocycles. The smallest absolute Gasteiger partial charge is 0.416 e. The van der Waals surface area contributed by atoms with Gasteiger partial charge in [-0.2, -0.15) is 13.2 Å². The minimum absolute atomic E-state index is 0.0631. The van der Waals surface area contributed by atoms with Crippen LogP contribution in [-0.4, -0.2) is 76.4 Å². The predicted octanol–water partition coefficient (Wildman–Crippen LogP) is 7.75. The van der Waals surface area contributed by atoms with E-state index in [9.17, 15) is 27.6 Å². The Morgan fingerprint density at radius 1 is 0.784 bits per heavy atom. The van der Waals surface area contributed by atoms with Crippen LogP contribution >= 0.6 is 0 Å². The average Bonchev–Trinajstić information content (AvgIpc) is 3.10. The maximum Gasteiger partial charge on any atom is 0.416 e. The summed E-state index contributed by atoms with van der Waals surface area (Å²) in [6.45, 7) is 5.73. The number of amides is 3. The lowest BCUT2D eigenvalue weighted by Gasteiger charge is -2.34. The quantitative estimate of drug-likeness (QED) is 0.141. The number of alkyl halides is 3. The van der Waals surface area contributed by atoms with Crippen LogP contribution in [-0.2, 0) is 33.5 Å². The number of likely N-dealkylation sites (N-methyl/N-ethyl adjacent to an activating group) is 2. The highest BCUT2D eigenvalue weighted by molar-refractivity contribution is 5.95. The van der Waals surface area contributed by atoms with E-state index in [1.54, 1.807) is 41.1 Å². The van der Waals surface area contributed by atoms with Gasteiger partial charge in [-0.15, -0.1) is 0 Å². The van der Waals surface area contributed by atoms with Crippen LogP contribution in [0.2, 0.25) is 0 Å². The van der Waals surface area contributed by atoms with Crippen molar-refractivity contribution in [3.8, 4) is 11.3 Å². The number of nitrogens with zero attached hydrogens (tertiary/aromatic N) is 4. The van der Waals surface area contributed by atoms with Gasteiger partial charge in [0.05, 0.1) is 11.3 Å². The normalized spacial score (nSPS) is 12.3. The van der Waals surface area contributed by atoms with Crippen molar-refractivity contribution in [3.63, 3.8) is 0 Å². The molecule has 11 heteroatoms. The van der Waals surface area contributed by atoms with Crippen molar-refractivity contribution in [1.29, 1.82) is 0 Å². The summed E-state index contributed by atoms with van der Waals surface area (Å²) < 4.78 is 44.9. The Morgan fingerprint density at radius 3 is 2.00 bits per heavy atom. The maximum absolute atomic E-state index is 14.3. The van der Waals surface area contributed by atoms with Crippen LogP contribution in [0.1, 0.15) is 43.0 Å². The van der Waals surface area contributed by atoms with Crippen molar-refractivity contribution >= 4 is 24.0 Å². The van der Waals surface area contributed by atoms with E-state index < -0.39 is 35.4 Å². The van der Waals surface area contributed by atoms with Gasteiger partial charge in [0.1, 0.15) is 11.6 Å². The van der Waals surface area contributed by atoms with Crippen LogP contribution < -0.4 is 0 Å². The number of pyridine rings is 1. The van der Waals surface area contributed by atoms with E-state index in [0.717, 1.165) is 34.5 Å². The highest BCUT2D eigenvalue weighted by Gasteiger charge is 2.32. The number of carbonyl (C=O) groups excluding carboxylic acids is 3. The SMILES string of the molecule is CN(CCN(C)C(=O)[C@H](Cc1ccccc1)N(Cc1ccc(-c2ccccn2)cc1)C(=O)C=Cc1ccc(C(F)(F)F)cc1)C(=O)OC(C)(C)C. The maximum atomic E-state index is 14.3. The third-order valence-corrected chi connectivity index (χ3v) is 7.99. The molecule has 1 heterocycles. The minimum atomic E-state index is -4.49. The van der Waals surface area contributed by atoms with Gasteiger partial charge in [0.25, 0.3) is 0 Å². The Bertz CT molecular complexity index is 1770. The predicted molar refractivity (Wildman–Crippen MR) is 191 cm³/mol. The van der Waals surface area contributed by atoms with Crippen molar-refractivity contribution in [2.75, 3.05) is 27.2 Å². The molecule has 3 amide bonds. The molecule has 0 aliphatic carbocycles. The van der Waals surface area contributed by atoms with Gasteiger partial charge in [-0.25, -0.2) is 4.79 Å². The van der Waals surface area contributed by atoms with Gasteiger partial charge in [-0.05, 0) is 67.8 Å². The molecule has 0 saturated heterocycles. The average molecular weight is 701 g/mol. The number of hydrogen-bond acceptors (Lipinski definition) is 5. The standard InChI is InChI=1S/C40H43F3N4O4/c1-39(2,3)51-38(50)46(5)26-25-45(4)37(49)35(27-30-11-7-6-8-12-30)47(28-31-14-19-32(20-15-31)34-13-9-10-24-44-34)36(48)23-18-29-16-21-33(22-17-29)40(41,42)43/h6-24,35H,25-28H2,1-5H3/t35-/m0/s1. The van der Waals surface area contributed by atoms with E-state index in [1.165, 1.54) is 39.0 Å². The first-order chi connectivity index (χ1) is 24.1. The highest BCUT2D eigenvalue weighted by Crippen LogP contribution is 2.29. The number of aromatic nitrogens is 1. The molecule has 0 unspecified atom stereocenters. The molecule has 0 saturated carbocycles. The van der Waals surface area contributed by atoms with Gasteiger partial charge in [0.2, 0.25) is 11.8 Å². The van der Waals surface area contributed by atoms with E-state index in [1.807, 2.05) is 72.8 Å². The summed E-state index contributed by atoms with van der Waals surface area (Å²) in [5, 5.41) is 0. The van der Waals surface area contributed by atoms with Crippen LogP contribution in [0.3, 0.4) is 0 Å². The Hall–Kier alpha value is -5.45. The lowest BCUT2D eigenvalue weighted by molar-refractivity contribution is -0.143. The summed E-state index contributed by atoms with van der Waals surface area (Å²) in [6, 6.07) is 26.0. The molecule has 0 fully saturated rings. The van der Waals surface area contributed by atoms with Crippen LogP contribution in [0.25, 0.3) is 17.3 Å². The lowest BCUT2D eigenvalue weighted by Crippen LogP contribution is -2.51. The van der Waals surface area contributed by atoms with Gasteiger partial charge in [-0.1, -0.05) is 72.8 Å². The van der Waals surface area contributed by atoms with Crippen LogP contribution in [0.15, 0.2) is 109 Å². The summed E-state index contributed by atoms with van der Waals surface area (Å²) in [5.41, 5.74) is 2.16. The lowest BCUT2D eigenvalue weighted by atomic mass is 10.0. The van der Waals surface area contributed by atoms with Gasteiger partial charge in [-0.3, -0.25) is 14.6 Å². The van der Waals surface area contributed by atoms with Crippen molar-refractivity contribution in [1.82, 2.24) is 19.7 Å². The molecule has 4 rings (SSSR count). The Kier molecular flexibility index (Phi) is 12.8. The fourth-order valence-corrected chi connectivity index (χ4v) is 5.16. The zero-order valence-electron chi connectivity index (χ0n) is 29.4. The molecule has 268 valence electrons. The van der Waals surface area contributed by atoms with Crippen LogP contribution in [0.4, 0.5) is 18.0 Å². The summed E-state index contributed by atoms with van der Waals surface area (Å²) in [7, 11) is 3.20. The molecule has 3 aromatic carbocycles. The Balaban J connectivity index is 1.65. The number of ether oxygens (including phenoxy) is 1. The summed E-state index contributed by atoms with van der Waals surface area (Å²) in [5.74, 6) is -0.852. The van der Waals surface area contributed by atoms with Crippen LogP contribution in [0.5, 0.6) is 0 Å². The number of carbonyl (C=O) groups is 3. The van der Waals surface area contributed by atoms with Crippen molar-refractivity contribution < 1.29 is 32.3 Å².